The lowest BCUT2D eigenvalue weighted by Crippen LogP contribution is -2.46. The largest absolute Gasteiger partial charge is 0.378 e. The van der Waals surface area contributed by atoms with Gasteiger partial charge in [-0.3, -0.25) is 4.79 Å². The molecule has 2 atom stereocenters. The van der Waals surface area contributed by atoms with E-state index in [0.29, 0.717) is 32.3 Å². The number of hydrogen-bond acceptors (Lipinski definition) is 4. The molecule has 1 aromatic carbocycles. The monoisotopic (exact) mass is 334 g/mol. The molecule has 0 spiro atoms. The topological polar surface area (TPSA) is 41.6 Å². The molecule has 0 unspecified atom stereocenters. The Kier molecular flexibility index (Phi) is 6.37. The molecular weight excluding hydrogens is 308 g/mol. The predicted octanol–water partition coefficient (Wildman–Crippen LogP) is 2.11. The van der Waals surface area contributed by atoms with Crippen molar-refractivity contribution in [2.75, 3.05) is 44.4 Å². The maximum absolute atomic E-state index is 13.0. The first kappa shape index (κ1) is 16.8. The van der Waals surface area contributed by atoms with Crippen LogP contribution in [0.25, 0.3) is 0 Å². The molecule has 2 saturated heterocycles. The Hall–Kier alpha value is -1.04. The highest BCUT2D eigenvalue weighted by atomic mass is 32.2. The maximum atomic E-state index is 13.0. The van der Waals surface area contributed by atoms with Gasteiger partial charge in [-0.2, -0.15) is 11.8 Å². The fraction of sp³-hybridized carbons (Fsp3) is 0.611. The van der Waals surface area contributed by atoms with Crippen molar-refractivity contribution in [2.24, 2.45) is 0 Å². The van der Waals surface area contributed by atoms with Crippen LogP contribution in [0.1, 0.15) is 24.3 Å². The van der Waals surface area contributed by atoms with Gasteiger partial charge in [0.1, 0.15) is 0 Å². The summed E-state index contributed by atoms with van der Waals surface area (Å²) in [6.07, 6.45) is 2.50. The minimum atomic E-state index is -0.0961. The second-order valence-corrected chi connectivity index (χ2v) is 7.37. The van der Waals surface area contributed by atoms with Gasteiger partial charge in [0.25, 0.3) is 0 Å². The fourth-order valence-corrected chi connectivity index (χ4v) is 4.33. The molecule has 1 aromatic rings. The highest BCUT2D eigenvalue weighted by Crippen LogP contribution is 2.21. The van der Waals surface area contributed by atoms with Crippen molar-refractivity contribution in [1.82, 2.24) is 10.2 Å². The number of amides is 1. The predicted molar refractivity (Wildman–Crippen MR) is 94.9 cm³/mol. The molecule has 2 aliphatic heterocycles. The molecule has 0 radical (unpaired) electrons. The lowest BCUT2D eigenvalue weighted by molar-refractivity contribution is -0.136. The van der Waals surface area contributed by atoms with Gasteiger partial charge in [-0.25, -0.2) is 0 Å². The normalized spacial score (nSPS) is 23.5. The smallest absolute Gasteiger partial charge is 0.231 e. The van der Waals surface area contributed by atoms with Crippen LogP contribution in [0.4, 0.5) is 0 Å². The summed E-state index contributed by atoms with van der Waals surface area (Å²) >= 11 is 2.01. The number of benzene rings is 1. The first-order valence-corrected chi connectivity index (χ1v) is 9.72. The van der Waals surface area contributed by atoms with Gasteiger partial charge in [0.15, 0.2) is 0 Å². The number of nitrogens with zero attached hydrogens (tertiary/aromatic N) is 1. The fourth-order valence-electron chi connectivity index (χ4n) is 3.22. The molecule has 0 bridgehead atoms. The van der Waals surface area contributed by atoms with Crippen molar-refractivity contribution in [3.63, 3.8) is 0 Å². The Morgan fingerprint density at radius 2 is 2.09 bits per heavy atom. The Labute approximate surface area is 143 Å². The minimum Gasteiger partial charge on any atom is -0.378 e. The summed E-state index contributed by atoms with van der Waals surface area (Å²) in [7, 11) is 0. The van der Waals surface area contributed by atoms with Crippen molar-refractivity contribution >= 4 is 17.7 Å². The average molecular weight is 334 g/mol. The Morgan fingerprint density at radius 1 is 1.30 bits per heavy atom. The highest BCUT2D eigenvalue weighted by molar-refractivity contribution is 7.99. The van der Waals surface area contributed by atoms with Crippen molar-refractivity contribution in [3.05, 3.63) is 35.9 Å². The molecule has 4 nitrogen and oxygen atoms in total. The Morgan fingerprint density at radius 3 is 2.78 bits per heavy atom. The van der Waals surface area contributed by atoms with E-state index in [0.717, 1.165) is 17.9 Å². The van der Waals surface area contributed by atoms with Crippen molar-refractivity contribution in [3.8, 4) is 0 Å². The lowest BCUT2D eigenvalue weighted by Gasteiger charge is -2.32. The Bertz CT molecular complexity index is 485. The third-order valence-corrected chi connectivity index (χ3v) is 5.81. The molecule has 126 valence electrons. The van der Waals surface area contributed by atoms with Crippen molar-refractivity contribution in [2.45, 2.75) is 24.8 Å². The quantitative estimate of drug-likeness (QED) is 0.895. The average Bonchev–Trinajstić information content (AvgIpc) is 2.64. The first-order chi connectivity index (χ1) is 11.3. The number of ether oxygens (including phenoxy) is 1. The maximum Gasteiger partial charge on any atom is 0.231 e. The molecule has 0 aliphatic carbocycles. The van der Waals surface area contributed by atoms with E-state index in [1.165, 1.54) is 18.6 Å². The molecule has 2 aliphatic rings. The first-order valence-electron chi connectivity index (χ1n) is 8.57. The van der Waals surface area contributed by atoms with Gasteiger partial charge in [-0.1, -0.05) is 30.3 Å². The second kappa shape index (κ2) is 8.71. The molecule has 3 rings (SSSR count). The van der Waals surface area contributed by atoms with Crippen LogP contribution in [0.15, 0.2) is 30.3 Å². The minimum absolute atomic E-state index is 0.0961. The van der Waals surface area contributed by atoms with Crippen LogP contribution in [-0.2, 0) is 9.53 Å². The van der Waals surface area contributed by atoms with Crippen LogP contribution < -0.4 is 5.32 Å². The SMILES string of the molecule is O=C([C@H](CN[C@H]1CCCSC1)c1ccccc1)N1CCOCC1. The lowest BCUT2D eigenvalue weighted by atomic mass is 9.96. The molecule has 0 saturated carbocycles. The summed E-state index contributed by atoms with van der Waals surface area (Å²) in [4.78, 5) is 15.0. The number of rotatable bonds is 5. The number of nitrogens with one attached hydrogen (secondary N) is 1. The van der Waals surface area contributed by atoms with E-state index in [4.69, 9.17) is 4.74 Å². The number of hydrogen-bond donors (Lipinski definition) is 1. The van der Waals surface area contributed by atoms with E-state index in [1.807, 2.05) is 34.9 Å². The van der Waals surface area contributed by atoms with Gasteiger partial charge in [0.05, 0.1) is 19.1 Å². The summed E-state index contributed by atoms with van der Waals surface area (Å²) < 4.78 is 5.38. The molecule has 1 amide bonds. The number of carbonyl (C=O) groups excluding carboxylic acids is 1. The molecule has 5 heteroatoms. The van der Waals surface area contributed by atoms with Gasteiger partial charge in [0, 0.05) is 31.4 Å². The van der Waals surface area contributed by atoms with E-state index in [9.17, 15) is 4.79 Å². The standard InChI is InChI=1S/C18H26N2O2S/c21-18(20-8-10-22-11-9-20)17(15-5-2-1-3-6-15)13-19-16-7-4-12-23-14-16/h1-3,5-6,16-17,19H,4,7-14H2/t16-,17+/m0/s1. The Balaban J connectivity index is 1.66. The summed E-state index contributed by atoms with van der Waals surface area (Å²) in [5.41, 5.74) is 1.11. The van der Waals surface area contributed by atoms with Crippen LogP contribution >= 0.6 is 11.8 Å². The summed E-state index contributed by atoms with van der Waals surface area (Å²) in [5.74, 6) is 2.57. The zero-order valence-corrected chi connectivity index (χ0v) is 14.4. The third kappa shape index (κ3) is 4.72. The summed E-state index contributed by atoms with van der Waals surface area (Å²) in [6, 6.07) is 10.7. The van der Waals surface area contributed by atoms with Gasteiger partial charge in [-0.15, -0.1) is 0 Å². The number of carbonyl (C=O) groups is 1. The molecule has 0 aromatic heterocycles. The summed E-state index contributed by atoms with van der Waals surface area (Å²) in [5, 5.41) is 3.64. The summed E-state index contributed by atoms with van der Waals surface area (Å²) in [6.45, 7) is 3.45. The number of thioether (sulfide) groups is 1. The van der Waals surface area contributed by atoms with Gasteiger partial charge in [-0.05, 0) is 24.2 Å². The van der Waals surface area contributed by atoms with Crippen molar-refractivity contribution in [1.29, 1.82) is 0 Å². The van der Waals surface area contributed by atoms with E-state index < -0.39 is 0 Å². The second-order valence-electron chi connectivity index (χ2n) is 6.22. The van der Waals surface area contributed by atoms with Crippen molar-refractivity contribution < 1.29 is 9.53 Å². The molecule has 1 N–H and O–H groups in total. The van der Waals surface area contributed by atoms with E-state index in [1.54, 1.807) is 0 Å². The van der Waals surface area contributed by atoms with Crippen LogP contribution in [0.2, 0.25) is 0 Å². The highest BCUT2D eigenvalue weighted by Gasteiger charge is 2.28. The van der Waals surface area contributed by atoms with E-state index >= 15 is 0 Å². The molecule has 2 fully saturated rings. The third-order valence-electron chi connectivity index (χ3n) is 4.59. The van der Waals surface area contributed by atoms with Gasteiger partial charge in [0.2, 0.25) is 5.91 Å². The zero-order valence-electron chi connectivity index (χ0n) is 13.6. The molecule has 2 heterocycles. The zero-order chi connectivity index (χ0) is 15.9. The number of morpholine rings is 1. The van der Waals surface area contributed by atoms with Crippen LogP contribution in [-0.4, -0.2) is 61.2 Å². The molecule has 23 heavy (non-hydrogen) atoms. The van der Waals surface area contributed by atoms with E-state index in [2.05, 4.69) is 17.4 Å². The van der Waals surface area contributed by atoms with Gasteiger partial charge >= 0.3 is 0 Å². The molecular formula is C18H26N2O2S. The van der Waals surface area contributed by atoms with Crippen LogP contribution in [0.5, 0.6) is 0 Å². The van der Waals surface area contributed by atoms with E-state index in [-0.39, 0.29) is 11.8 Å². The van der Waals surface area contributed by atoms with Crippen LogP contribution in [0, 0.1) is 0 Å². The van der Waals surface area contributed by atoms with Gasteiger partial charge < -0.3 is 15.0 Å². The van der Waals surface area contributed by atoms with Crippen LogP contribution in [0.3, 0.4) is 0 Å².